The van der Waals surface area contributed by atoms with E-state index in [2.05, 4.69) is 20.8 Å². The molecule has 0 radical (unpaired) electrons. The first kappa shape index (κ1) is 21.6. The van der Waals surface area contributed by atoms with Crippen LogP contribution < -0.4 is 10.6 Å². The highest BCUT2D eigenvalue weighted by Crippen LogP contribution is 2.29. The van der Waals surface area contributed by atoms with Gasteiger partial charge in [0.05, 0.1) is 12.0 Å². The zero-order valence-corrected chi connectivity index (χ0v) is 16.7. The number of nitrogens with one attached hydrogen (secondary N) is 2. The standard InChI is InChI=1S/C18H23ClN4O3.ClH/c1-25-12-18(7-10-20-11-8-18)17(24)21-9-6-15-22-16(23-26-15)13-2-4-14(19)5-3-13;/h2-5,20H,6-12H2,1H3,(H,21,24);1H. The number of carbonyl (C=O) groups excluding carboxylic acids is 1. The number of nitrogens with zero attached hydrogens (tertiary/aromatic N) is 2. The highest BCUT2D eigenvalue weighted by molar-refractivity contribution is 6.30. The van der Waals surface area contributed by atoms with Gasteiger partial charge >= 0.3 is 0 Å². The van der Waals surface area contributed by atoms with Gasteiger partial charge in [-0.3, -0.25) is 4.79 Å². The molecule has 0 aliphatic carbocycles. The molecule has 9 heteroatoms. The maximum atomic E-state index is 12.7. The minimum atomic E-state index is -0.455. The Bertz CT molecular complexity index is 725. The van der Waals surface area contributed by atoms with Gasteiger partial charge in [0.25, 0.3) is 0 Å². The lowest BCUT2D eigenvalue weighted by molar-refractivity contribution is -0.136. The fourth-order valence-electron chi connectivity index (χ4n) is 3.16. The van der Waals surface area contributed by atoms with Crippen LogP contribution in [0.25, 0.3) is 11.4 Å². The third-order valence-electron chi connectivity index (χ3n) is 4.66. The van der Waals surface area contributed by atoms with Gasteiger partial charge in [0.1, 0.15) is 0 Å². The summed E-state index contributed by atoms with van der Waals surface area (Å²) in [5, 5.41) is 10.9. The predicted molar refractivity (Wildman–Crippen MR) is 105 cm³/mol. The van der Waals surface area contributed by atoms with E-state index in [-0.39, 0.29) is 18.3 Å². The number of rotatable bonds is 7. The number of carbonyl (C=O) groups is 1. The Morgan fingerprint density at radius 2 is 2.04 bits per heavy atom. The summed E-state index contributed by atoms with van der Waals surface area (Å²) in [6, 6.07) is 7.23. The van der Waals surface area contributed by atoms with Crippen molar-refractivity contribution in [2.45, 2.75) is 19.3 Å². The lowest BCUT2D eigenvalue weighted by atomic mass is 9.78. The van der Waals surface area contributed by atoms with E-state index in [1.165, 1.54) is 0 Å². The summed E-state index contributed by atoms with van der Waals surface area (Å²) in [7, 11) is 1.63. The first-order valence-electron chi connectivity index (χ1n) is 8.69. The highest BCUT2D eigenvalue weighted by Gasteiger charge is 2.39. The summed E-state index contributed by atoms with van der Waals surface area (Å²) in [6.07, 6.45) is 2.02. The molecule has 1 aromatic carbocycles. The topological polar surface area (TPSA) is 89.3 Å². The average Bonchev–Trinajstić information content (AvgIpc) is 3.12. The maximum Gasteiger partial charge on any atom is 0.228 e. The van der Waals surface area contributed by atoms with E-state index in [0.29, 0.717) is 36.3 Å². The third-order valence-corrected chi connectivity index (χ3v) is 4.91. The number of hydrogen-bond acceptors (Lipinski definition) is 6. The van der Waals surface area contributed by atoms with E-state index in [0.717, 1.165) is 31.5 Å². The second-order valence-corrected chi connectivity index (χ2v) is 6.92. The van der Waals surface area contributed by atoms with E-state index in [9.17, 15) is 4.79 Å². The molecule has 148 valence electrons. The molecule has 0 unspecified atom stereocenters. The van der Waals surface area contributed by atoms with Crippen LogP contribution in [0.2, 0.25) is 5.02 Å². The van der Waals surface area contributed by atoms with Gasteiger partial charge in [-0.1, -0.05) is 16.8 Å². The molecule has 0 atom stereocenters. The number of amides is 1. The van der Waals surface area contributed by atoms with Crippen molar-refractivity contribution in [2.75, 3.05) is 33.4 Å². The molecule has 1 amide bonds. The minimum Gasteiger partial charge on any atom is -0.384 e. The lowest BCUT2D eigenvalue weighted by Gasteiger charge is -2.35. The molecule has 2 aromatic rings. The van der Waals surface area contributed by atoms with Crippen molar-refractivity contribution in [3.63, 3.8) is 0 Å². The van der Waals surface area contributed by atoms with Gasteiger partial charge in [-0.15, -0.1) is 12.4 Å². The SMILES string of the molecule is COCC1(C(=O)NCCc2nc(-c3ccc(Cl)cc3)no2)CCNCC1.Cl. The van der Waals surface area contributed by atoms with Crippen LogP contribution >= 0.6 is 24.0 Å². The summed E-state index contributed by atoms with van der Waals surface area (Å²) in [6.45, 7) is 2.53. The second-order valence-electron chi connectivity index (χ2n) is 6.49. The van der Waals surface area contributed by atoms with Gasteiger partial charge in [-0.25, -0.2) is 0 Å². The Hall–Kier alpha value is -1.67. The molecule has 0 bridgehead atoms. The molecule has 0 saturated carbocycles. The number of methoxy groups -OCH3 is 1. The van der Waals surface area contributed by atoms with Gasteiger partial charge < -0.3 is 19.9 Å². The molecular formula is C18H24Cl2N4O3. The Kier molecular flexibility index (Phi) is 8.04. The molecule has 0 spiro atoms. The summed E-state index contributed by atoms with van der Waals surface area (Å²) < 4.78 is 10.6. The largest absolute Gasteiger partial charge is 0.384 e. The van der Waals surface area contributed by atoms with E-state index < -0.39 is 5.41 Å². The van der Waals surface area contributed by atoms with Gasteiger partial charge in [-0.05, 0) is 50.2 Å². The molecule has 1 aliphatic rings. The zero-order valence-electron chi connectivity index (χ0n) is 15.2. The molecule has 1 aliphatic heterocycles. The van der Waals surface area contributed by atoms with Crippen LogP contribution in [-0.4, -0.2) is 49.4 Å². The van der Waals surface area contributed by atoms with E-state index in [4.69, 9.17) is 20.9 Å². The van der Waals surface area contributed by atoms with E-state index in [1.54, 1.807) is 19.2 Å². The quantitative estimate of drug-likeness (QED) is 0.723. The van der Waals surface area contributed by atoms with Crippen LogP contribution in [0.5, 0.6) is 0 Å². The first-order valence-corrected chi connectivity index (χ1v) is 9.07. The zero-order chi connectivity index (χ0) is 18.4. The monoisotopic (exact) mass is 414 g/mol. The molecule has 3 rings (SSSR count). The van der Waals surface area contributed by atoms with Crippen LogP contribution in [0, 0.1) is 5.41 Å². The fourth-order valence-corrected chi connectivity index (χ4v) is 3.29. The van der Waals surface area contributed by atoms with Crippen LogP contribution in [0.1, 0.15) is 18.7 Å². The number of piperidine rings is 1. The van der Waals surface area contributed by atoms with Crippen LogP contribution in [0.3, 0.4) is 0 Å². The molecule has 27 heavy (non-hydrogen) atoms. The van der Waals surface area contributed by atoms with Crippen molar-refractivity contribution in [2.24, 2.45) is 5.41 Å². The molecule has 7 nitrogen and oxygen atoms in total. The number of ether oxygens (including phenoxy) is 1. The van der Waals surface area contributed by atoms with Crippen molar-refractivity contribution in [3.8, 4) is 11.4 Å². The van der Waals surface area contributed by atoms with E-state index >= 15 is 0 Å². The molecule has 1 saturated heterocycles. The van der Waals surface area contributed by atoms with E-state index in [1.807, 2.05) is 12.1 Å². The van der Waals surface area contributed by atoms with Crippen molar-refractivity contribution in [1.82, 2.24) is 20.8 Å². The third kappa shape index (κ3) is 5.42. The summed E-state index contributed by atoms with van der Waals surface area (Å²) >= 11 is 5.88. The van der Waals surface area contributed by atoms with Crippen molar-refractivity contribution >= 4 is 29.9 Å². The van der Waals surface area contributed by atoms with Crippen molar-refractivity contribution < 1.29 is 14.1 Å². The molecule has 2 N–H and O–H groups in total. The Morgan fingerprint density at radius 3 is 2.70 bits per heavy atom. The lowest BCUT2D eigenvalue weighted by Crippen LogP contribution is -2.50. The van der Waals surface area contributed by atoms with Gasteiger partial charge in [-0.2, -0.15) is 4.98 Å². The number of halogens is 2. The molecular weight excluding hydrogens is 391 g/mol. The maximum absolute atomic E-state index is 12.7. The number of hydrogen-bond donors (Lipinski definition) is 2. The second kappa shape index (κ2) is 10.0. The highest BCUT2D eigenvalue weighted by atomic mass is 35.5. The first-order chi connectivity index (χ1) is 12.6. The Labute approximate surface area is 169 Å². The summed E-state index contributed by atoms with van der Waals surface area (Å²) in [5.41, 5.74) is 0.380. The van der Waals surface area contributed by atoms with Crippen LogP contribution in [-0.2, 0) is 16.0 Å². The predicted octanol–water partition coefficient (Wildman–Crippen LogP) is 2.49. The Morgan fingerprint density at radius 1 is 1.33 bits per heavy atom. The summed E-state index contributed by atoms with van der Waals surface area (Å²) in [4.78, 5) is 17.0. The molecule has 2 heterocycles. The van der Waals surface area contributed by atoms with Gasteiger partial charge in [0.2, 0.25) is 17.6 Å². The number of benzene rings is 1. The van der Waals surface area contributed by atoms with Crippen molar-refractivity contribution in [1.29, 1.82) is 0 Å². The van der Waals surface area contributed by atoms with Crippen LogP contribution in [0.15, 0.2) is 28.8 Å². The minimum absolute atomic E-state index is 0. The normalized spacial score (nSPS) is 15.8. The van der Waals surface area contributed by atoms with Crippen LogP contribution in [0.4, 0.5) is 0 Å². The fraction of sp³-hybridized carbons (Fsp3) is 0.500. The Balaban J connectivity index is 0.00000261. The van der Waals surface area contributed by atoms with Crippen molar-refractivity contribution in [3.05, 3.63) is 35.2 Å². The smallest absolute Gasteiger partial charge is 0.228 e. The van der Waals surface area contributed by atoms with Gasteiger partial charge in [0, 0.05) is 30.7 Å². The summed E-state index contributed by atoms with van der Waals surface area (Å²) in [5.74, 6) is 1.02. The molecule has 1 aromatic heterocycles. The van der Waals surface area contributed by atoms with Gasteiger partial charge in [0.15, 0.2) is 0 Å². The average molecular weight is 415 g/mol. The molecule has 1 fully saturated rings. The number of aromatic nitrogens is 2.